The van der Waals surface area contributed by atoms with Crippen LogP contribution in [0.15, 0.2) is 94.7 Å². The van der Waals surface area contributed by atoms with Gasteiger partial charge in [-0.2, -0.15) is 26.3 Å². The number of alkyl halides is 6. The normalized spacial score (nSPS) is 15.2. The summed E-state index contributed by atoms with van der Waals surface area (Å²) < 4.78 is 93.3. The molecule has 0 atom stereocenters. The van der Waals surface area contributed by atoms with Gasteiger partial charge in [0.2, 0.25) is 23.6 Å². The van der Waals surface area contributed by atoms with E-state index < -0.39 is 45.1 Å². The van der Waals surface area contributed by atoms with Crippen molar-refractivity contribution in [1.29, 1.82) is 0 Å². The molecule has 0 bridgehead atoms. The second-order valence-electron chi connectivity index (χ2n) is 14.9. The van der Waals surface area contributed by atoms with Gasteiger partial charge in [0, 0.05) is 99.3 Å². The van der Waals surface area contributed by atoms with E-state index in [4.69, 9.17) is 0 Å². The van der Waals surface area contributed by atoms with Gasteiger partial charge in [-0.15, -0.1) is 0 Å². The maximum absolute atomic E-state index is 15.6. The summed E-state index contributed by atoms with van der Waals surface area (Å²) >= 11 is 0.338. The minimum absolute atomic E-state index is 0.0335. The predicted octanol–water partition coefficient (Wildman–Crippen LogP) is 9.23. The van der Waals surface area contributed by atoms with Crippen LogP contribution in [0.5, 0.6) is 0 Å². The Morgan fingerprint density at radius 2 is 0.836 bits per heavy atom. The summed E-state index contributed by atoms with van der Waals surface area (Å²) in [5, 5.41) is 0. The second-order valence-corrected chi connectivity index (χ2v) is 15.9. The number of hydrogen-bond donors (Lipinski definition) is 0. The molecule has 0 aromatic heterocycles. The lowest BCUT2D eigenvalue weighted by Gasteiger charge is -2.33. The minimum atomic E-state index is -5.06. The van der Waals surface area contributed by atoms with Gasteiger partial charge in [0.05, 0.1) is 11.1 Å². The Hall–Kier alpha value is -5.83. The van der Waals surface area contributed by atoms with Crippen molar-refractivity contribution in [3.05, 3.63) is 118 Å². The molecule has 2 saturated heterocycles. The molecule has 2 heterocycles. The van der Waals surface area contributed by atoms with E-state index in [0.29, 0.717) is 49.1 Å². The molecule has 0 N–H and O–H groups in total. The zero-order chi connectivity index (χ0) is 44.2. The topological polar surface area (TPSA) is 81.2 Å². The highest BCUT2D eigenvalue weighted by atomic mass is 32.2. The molecule has 4 amide bonds. The summed E-state index contributed by atoms with van der Waals surface area (Å²) in [5.74, 6) is -1.18. The number of benzene rings is 4. The molecule has 4 aromatic rings. The Labute approximate surface area is 354 Å². The lowest BCUT2D eigenvalue weighted by atomic mass is 9.90. The molecule has 61 heavy (non-hydrogen) atoms. The zero-order valence-corrected chi connectivity index (χ0v) is 34.8. The number of carbonyl (C=O) groups is 4. The van der Waals surface area contributed by atoms with Crippen LogP contribution in [0.4, 0.5) is 26.3 Å². The zero-order valence-electron chi connectivity index (χ0n) is 34.0. The van der Waals surface area contributed by atoms with Crippen LogP contribution >= 0.6 is 11.8 Å². The first-order chi connectivity index (χ1) is 28.8. The molecular formula is C46H44F6N4O4S. The third-order valence-corrected chi connectivity index (χ3v) is 12.0. The lowest BCUT2D eigenvalue weighted by molar-refractivity contribution is -0.139. The van der Waals surface area contributed by atoms with Gasteiger partial charge in [-0.1, -0.05) is 72.4 Å². The molecular weight excluding hydrogens is 819 g/mol. The Bertz CT molecular complexity index is 2230. The van der Waals surface area contributed by atoms with Crippen LogP contribution in [-0.4, -0.2) is 95.6 Å². The molecule has 2 fully saturated rings. The molecule has 6 rings (SSSR count). The minimum Gasteiger partial charge on any atom is -0.339 e. The second kappa shape index (κ2) is 18.4. The molecule has 4 aromatic carbocycles. The third kappa shape index (κ3) is 10.2. The predicted molar refractivity (Wildman–Crippen MR) is 223 cm³/mol. The van der Waals surface area contributed by atoms with E-state index in [1.54, 1.807) is 60.0 Å². The van der Waals surface area contributed by atoms with Gasteiger partial charge in [0.15, 0.2) is 0 Å². The highest BCUT2D eigenvalue weighted by Gasteiger charge is 2.41. The molecule has 15 heteroatoms. The first-order valence-corrected chi connectivity index (χ1v) is 20.4. The van der Waals surface area contributed by atoms with Crippen LogP contribution in [0.2, 0.25) is 0 Å². The van der Waals surface area contributed by atoms with Gasteiger partial charge in [-0.25, -0.2) is 0 Å². The molecule has 2 aliphatic rings. The Morgan fingerprint density at radius 1 is 0.508 bits per heavy atom. The number of hydrogen-bond acceptors (Lipinski definition) is 5. The fourth-order valence-electron chi connectivity index (χ4n) is 7.63. The number of rotatable bonds is 8. The number of halogens is 6. The van der Waals surface area contributed by atoms with Crippen molar-refractivity contribution in [2.75, 3.05) is 52.4 Å². The lowest BCUT2D eigenvalue weighted by Crippen LogP contribution is -2.49. The van der Waals surface area contributed by atoms with Gasteiger partial charge in [0.25, 0.3) is 0 Å². The number of nitrogens with zero attached hydrogens (tertiary/aromatic N) is 4. The summed E-state index contributed by atoms with van der Waals surface area (Å²) in [6.07, 6.45) is -5.21. The number of piperazine rings is 2. The van der Waals surface area contributed by atoms with Gasteiger partial charge >= 0.3 is 12.4 Å². The van der Waals surface area contributed by atoms with Gasteiger partial charge in [0.1, 0.15) is 0 Å². The van der Waals surface area contributed by atoms with Crippen LogP contribution < -0.4 is 0 Å². The Balaban J connectivity index is 1.46. The summed E-state index contributed by atoms with van der Waals surface area (Å²) in [6, 6.07) is 17.7. The smallest absolute Gasteiger partial charge is 0.339 e. The first kappa shape index (κ1) is 44.7. The molecule has 0 aliphatic carbocycles. The summed E-state index contributed by atoms with van der Waals surface area (Å²) in [5.41, 5.74) is -1.54. The first-order valence-electron chi connectivity index (χ1n) is 19.6. The Morgan fingerprint density at radius 3 is 1.15 bits per heavy atom. The van der Waals surface area contributed by atoms with E-state index in [-0.39, 0.29) is 71.4 Å². The van der Waals surface area contributed by atoms with E-state index in [2.05, 4.69) is 0 Å². The monoisotopic (exact) mass is 862 g/mol. The fourth-order valence-corrected chi connectivity index (χ4v) is 8.78. The van der Waals surface area contributed by atoms with Crippen LogP contribution in [0, 0.1) is 13.8 Å². The highest BCUT2D eigenvalue weighted by Crippen LogP contribution is 2.51. The maximum Gasteiger partial charge on any atom is 0.418 e. The van der Waals surface area contributed by atoms with Crippen molar-refractivity contribution in [1.82, 2.24) is 19.6 Å². The van der Waals surface area contributed by atoms with Crippen molar-refractivity contribution >= 4 is 47.5 Å². The molecule has 0 radical (unpaired) electrons. The van der Waals surface area contributed by atoms with Crippen LogP contribution in [0.25, 0.3) is 34.4 Å². The van der Waals surface area contributed by atoms with E-state index >= 15 is 26.3 Å². The van der Waals surface area contributed by atoms with Gasteiger partial charge in [-0.3, -0.25) is 19.2 Å². The largest absolute Gasteiger partial charge is 0.418 e. The van der Waals surface area contributed by atoms with Crippen LogP contribution in [0.3, 0.4) is 0 Å². The number of carbonyl (C=O) groups excluding carboxylic acids is 4. The standard InChI is InChI=1S/C46H44F6N4O4S/c1-29-9-5-7-11-35(29)41-33(15-19-39(59)55-25-21-53(22-26-55)31(3)57)13-17-37(43(41)45(47,48)49)61-38-18-14-34(16-20-40(60)56-27-23-54(24-28-56)32(4)58)42(44(38)46(50,51)52)36-12-8-6-10-30(36)2/h5-20H,21-28H2,1-4H3/b19-15+,20-16+. The fraction of sp³-hybridized carbons (Fsp3) is 0.304. The number of amides is 4. The third-order valence-electron chi connectivity index (χ3n) is 10.9. The maximum atomic E-state index is 15.6. The average Bonchev–Trinajstić information content (AvgIpc) is 3.21. The van der Waals surface area contributed by atoms with E-state index in [1.165, 1.54) is 72.2 Å². The molecule has 320 valence electrons. The Kier molecular flexibility index (Phi) is 13.5. The average molecular weight is 863 g/mol. The van der Waals surface area contributed by atoms with E-state index in [0.717, 1.165) is 12.1 Å². The van der Waals surface area contributed by atoms with Crippen LogP contribution in [-0.2, 0) is 31.5 Å². The molecule has 0 unspecified atom stereocenters. The highest BCUT2D eigenvalue weighted by molar-refractivity contribution is 7.99. The number of aryl methyl sites for hydroxylation is 2. The molecule has 0 spiro atoms. The van der Waals surface area contributed by atoms with E-state index in [9.17, 15) is 19.2 Å². The molecule has 8 nitrogen and oxygen atoms in total. The van der Waals surface area contributed by atoms with Crippen molar-refractivity contribution in [2.24, 2.45) is 0 Å². The van der Waals surface area contributed by atoms with Gasteiger partial charge < -0.3 is 19.6 Å². The van der Waals surface area contributed by atoms with E-state index in [1.807, 2.05) is 0 Å². The van der Waals surface area contributed by atoms with Crippen LogP contribution in [0.1, 0.15) is 47.2 Å². The summed E-state index contributed by atoms with van der Waals surface area (Å²) in [7, 11) is 0. The van der Waals surface area contributed by atoms with Gasteiger partial charge in [-0.05, 0) is 71.5 Å². The summed E-state index contributed by atoms with van der Waals surface area (Å²) in [6.45, 7) is 8.34. The molecule has 2 aliphatic heterocycles. The SMILES string of the molecule is CC(=O)N1CCN(C(=O)/C=C/c2ccc(Sc3ccc(/C=C/C(=O)N4CCN(C(C)=O)CC4)c(-c4ccccc4C)c3C(F)(F)F)c(C(F)(F)F)c2-c2ccccc2C)CC1. The molecule has 0 saturated carbocycles. The van der Waals surface area contributed by atoms with Crippen molar-refractivity contribution in [3.8, 4) is 22.3 Å². The van der Waals surface area contributed by atoms with Crippen molar-refractivity contribution < 1.29 is 45.5 Å². The van der Waals surface area contributed by atoms with Crippen molar-refractivity contribution in [2.45, 2.75) is 49.8 Å². The van der Waals surface area contributed by atoms with Crippen molar-refractivity contribution in [3.63, 3.8) is 0 Å². The summed E-state index contributed by atoms with van der Waals surface area (Å²) in [4.78, 5) is 55.2. The quantitative estimate of drug-likeness (QED) is 0.130.